The second kappa shape index (κ2) is 5.97. The second-order valence-electron chi connectivity index (χ2n) is 5.51. The summed E-state index contributed by atoms with van der Waals surface area (Å²) >= 11 is 1.62. The Morgan fingerprint density at radius 2 is 1.74 bits per heavy atom. The van der Waals surface area contributed by atoms with E-state index in [0.717, 1.165) is 34.6 Å². The predicted octanol–water partition coefficient (Wildman–Crippen LogP) is 3.95. The third-order valence-corrected chi connectivity index (χ3v) is 5.03. The maximum Gasteiger partial charge on any atom is 0.205 e. The van der Waals surface area contributed by atoms with Gasteiger partial charge < -0.3 is 0 Å². The zero-order valence-corrected chi connectivity index (χ0v) is 13.8. The zero-order valence-electron chi connectivity index (χ0n) is 12.9. The van der Waals surface area contributed by atoms with Crippen LogP contribution in [0.15, 0.2) is 70.1 Å². The molecule has 0 N–H and O–H groups in total. The molecule has 4 rings (SSSR count). The van der Waals surface area contributed by atoms with Gasteiger partial charge in [-0.2, -0.15) is 5.10 Å². The van der Waals surface area contributed by atoms with Crippen LogP contribution in [0.3, 0.4) is 0 Å². The lowest BCUT2D eigenvalue weighted by Gasteiger charge is -2.05. The smallest absolute Gasteiger partial charge is 0.205 e. The first-order valence-electron chi connectivity index (χ1n) is 7.72. The highest BCUT2D eigenvalue weighted by Gasteiger charge is 2.18. The van der Waals surface area contributed by atoms with Gasteiger partial charge in [0.2, 0.25) is 4.80 Å². The van der Waals surface area contributed by atoms with Crippen molar-refractivity contribution in [3.63, 3.8) is 0 Å². The van der Waals surface area contributed by atoms with Crippen molar-refractivity contribution in [1.82, 2.24) is 4.68 Å². The van der Waals surface area contributed by atoms with E-state index in [1.165, 1.54) is 11.1 Å². The van der Waals surface area contributed by atoms with Crippen LogP contribution >= 0.6 is 11.3 Å². The highest BCUT2D eigenvalue weighted by molar-refractivity contribution is 7.07. The summed E-state index contributed by atoms with van der Waals surface area (Å²) in [6, 6.07) is 18.9. The summed E-state index contributed by atoms with van der Waals surface area (Å²) in [6.07, 6.45) is 2.05. The lowest BCUT2D eigenvalue weighted by molar-refractivity contribution is 0.837. The first-order valence-corrected chi connectivity index (χ1v) is 8.59. The fourth-order valence-electron chi connectivity index (χ4n) is 2.99. The first kappa shape index (κ1) is 14.2. The number of thiazole rings is 1. The van der Waals surface area contributed by atoms with Crippen LogP contribution in [0, 0.1) is 0 Å². The fraction of sp³-hybridized carbons (Fsp3) is 0.158. The number of rotatable bonds is 2. The van der Waals surface area contributed by atoms with Gasteiger partial charge in [0, 0.05) is 23.6 Å². The van der Waals surface area contributed by atoms with E-state index < -0.39 is 0 Å². The molecule has 4 heteroatoms. The summed E-state index contributed by atoms with van der Waals surface area (Å²) in [5, 5.41) is 7.08. The van der Waals surface area contributed by atoms with Crippen molar-refractivity contribution >= 4 is 17.0 Å². The molecule has 1 aliphatic carbocycles. The monoisotopic (exact) mass is 319 g/mol. The number of benzene rings is 2. The van der Waals surface area contributed by atoms with E-state index in [9.17, 15) is 0 Å². The van der Waals surface area contributed by atoms with Gasteiger partial charge >= 0.3 is 0 Å². The van der Waals surface area contributed by atoms with Gasteiger partial charge in [0.25, 0.3) is 0 Å². The lowest BCUT2D eigenvalue weighted by Crippen LogP contribution is -2.14. The van der Waals surface area contributed by atoms with E-state index in [0.29, 0.717) is 0 Å². The van der Waals surface area contributed by atoms with E-state index in [1.54, 1.807) is 11.3 Å². The molecule has 1 heterocycles. The SMILES string of the molecule is CN=c1scc(-c2ccccc2)n1N=C1CCc2ccccc21. The van der Waals surface area contributed by atoms with E-state index in [-0.39, 0.29) is 0 Å². The topological polar surface area (TPSA) is 29.6 Å². The average molecular weight is 319 g/mol. The summed E-state index contributed by atoms with van der Waals surface area (Å²) in [5.74, 6) is 0. The van der Waals surface area contributed by atoms with Gasteiger partial charge in [-0.1, -0.05) is 54.6 Å². The quantitative estimate of drug-likeness (QED) is 0.685. The number of aromatic nitrogens is 1. The molecule has 1 aromatic heterocycles. The lowest BCUT2D eigenvalue weighted by atomic mass is 10.1. The molecule has 3 nitrogen and oxygen atoms in total. The number of hydrogen-bond donors (Lipinski definition) is 0. The summed E-state index contributed by atoms with van der Waals surface area (Å²) in [5.41, 5.74) is 6.05. The van der Waals surface area contributed by atoms with Crippen molar-refractivity contribution in [2.24, 2.45) is 10.1 Å². The van der Waals surface area contributed by atoms with Gasteiger partial charge in [-0.05, 0) is 18.4 Å². The molecule has 0 saturated heterocycles. The van der Waals surface area contributed by atoms with Crippen molar-refractivity contribution in [2.45, 2.75) is 12.8 Å². The molecule has 0 unspecified atom stereocenters. The minimum atomic E-state index is 0.917. The minimum absolute atomic E-state index is 0.917. The molecule has 1 aliphatic rings. The first-order chi connectivity index (χ1) is 11.4. The van der Waals surface area contributed by atoms with Crippen LogP contribution in [0.5, 0.6) is 0 Å². The normalized spacial score (nSPS) is 16.0. The predicted molar refractivity (Wildman–Crippen MR) is 95.9 cm³/mol. The third kappa shape index (κ3) is 2.55. The second-order valence-corrected chi connectivity index (χ2v) is 6.35. The number of nitrogens with zero attached hydrogens (tertiary/aromatic N) is 3. The molecular formula is C19H17N3S. The van der Waals surface area contributed by atoms with E-state index >= 15 is 0 Å². The highest BCUT2D eigenvalue weighted by atomic mass is 32.1. The van der Waals surface area contributed by atoms with Crippen LogP contribution in [-0.2, 0) is 6.42 Å². The maximum atomic E-state index is 4.96. The molecule has 0 saturated carbocycles. The van der Waals surface area contributed by atoms with Crippen molar-refractivity contribution < 1.29 is 0 Å². The minimum Gasteiger partial charge on any atom is -0.261 e. The molecule has 2 aromatic carbocycles. The maximum absolute atomic E-state index is 4.96. The molecule has 0 bridgehead atoms. The summed E-state index contributed by atoms with van der Waals surface area (Å²) in [4.78, 5) is 5.31. The van der Waals surface area contributed by atoms with Crippen LogP contribution < -0.4 is 4.80 Å². The molecule has 0 fully saturated rings. The Hall–Kier alpha value is -2.46. The van der Waals surface area contributed by atoms with Gasteiger partial charge in [0.1, 0.15) is 0 Å². The number of fused-ring (bicyclic) bond motifs is 1. The van der Waals surface area contributed by atoms with Gasteiger partial charge in [0.05, 0.1) is 11.4 Å². The molecule has 0 atom stereocenters. The van der Waals surface area contributed by atoms with Crippen LogP contribution in [0.2, 0.25) is 0 Å². The zero-order chi connectivity index (χ0) is 15.6. The Kier molecular flexibility index (Phi) is 3.67. The molecule has 0 amide bonds. The summed E-state index contributed by atoms with van der Waals surface area (Å²) in [6.45, 7) is 0. The molecule has 3 aromatic rings. The fourth-order valence-corrected chi connectivity index (χ4v) is 3.78. The van der Waals surface area contributed by atoms with Crippen LogP contribution in [-0.4, -0.2) is 17.4 Å². The Bertz CT molecular complexity index is 933. The third-order valence-electron chi connectivity index (χ3n) is 4.13. The summed E-state index contributed by atoms with van der Waals surface area (Å²) in [7, 11) is 1.82. The number of hydrogen-bond acceptors (Lipinski definition) is 3. The molecule has 114 valence electrons. The van der Waals surface area contributed by atoms with Crippen LogP contribution in [0.25, 0.3) is 11.3 Å². The van der Waals surface area contributed by atoms with Gasteiger partial charge in [-0.15, -0.1) is 11.3 Å². The van der Waals surface area contributed by atoms with Crippen LogP contribution in [0.4, 0.5) is 0 Å². The van der Waals surface area contributed by atoms with Gasteiger partial charge in [-0.25, -0.2) is 4.68 Å². The van der Waals surface area contributed by atoms with E-state index in [1.807, 2.05) is 17.8 Å². The molecule has 23 heavy (non-hydrogen) atoms. The van der Waals surface area contributed by atoms with Crippen molar-refractivity contribution in [3.8, 4) is 11.3 Å². The largest absolute Gasteiger partial charge is 0.261 e. The summed E-state index contributed by atoms with van der Waals surface area (Å²) < 4.78 is 1.98. The molecule has 0 aliphatic heterocycles. The van der Waals surface area contributed by atoms with E-state index in [4.69, 9.17) is 5.10 Å². The Morgan fingerprint density at radius 3 is 2.57 bits per heavy atom. The van der Waals surface area contributed by atoms with Crippen LogP contribution in [0.1, 0.15) is 17.5 Å². The van der Waals surface area contributed by atoms with Gasteiger partial charge in [0.15, 0.2) is 0 Å². The Balaban J connectivity index is 1.87. The Labute approximate surface area is 139 Å². The molecule has 0 spiro atoms. The van der Waals surface area contributed by atoms with Crippen molar-refractivity contribution in [3.05, 3.63) is 75.9 Å². The molecular weight excluding hydrogens is 302 g/mol. The molecule has 0 radical (unpaired) electrons. The van der Waals surface area contributed by atoms with Crippen molar-refractivity contribution in [1.29, 1.82) is 0 Å². The average Bonchev–Trinajstić information content (AvgIpc) is 3.20. The highest BCUT2D eigenvalue weighted by Crippen LogP contribution is 2.24. The standard InChI is InChI=1S/C19H17N3S/c1-20-19-22(18(13-23-19)15-8-3-2-4-9-15)21-17-12-11-14-7-5-6-10-16(14)17/h2-10,13H,11-12H2,1H3. The van der Waals surface area contributed by atoms with Gasteiger partial charge in [-0.3, -0.25) is 4.99 Å². The van der Waals surface area contributed by atoms with E-state index in [2.05, 4.69) is 58.9 Å². The Morgan fingerprint density at radius 1 is 0.957 bits per heavy atom. The number of aryl methyl sites for hydroxylation is 1. The van der Waals surface area contributed by atoms with Crippen molar-refractivity contribution in [2.75, 3.05) is 7.05 Å².